The zero-order valence-electron chi connectivity index (χ0n) is 17.3. The molecule has 33 heavy (non-hydrogen) atoms. The van der Waals surface area contributed by atoms with Gasteiger partial charge in [0.05, 0.1) is 5.57 Å². The van der Waals surface area contributed by atoms with Crippen LogP contribution in [0.2, 0.25) is 0 Å². The van der Waals surface area contributed by atoms with Gasteiger partial charge in [0.25, 0.3) is 5.71 Å². The molecular formula is C26H18N2O4P+. The Morgan fingerprint density at radius 2 is 1.30 bits per heavy atom. The lowest BCUT2D eigenvalue weighted by Crippen LogP contribution is -2.70. The van der Waals surface area contributed by atoms with Gasteiger partial charge < -0.3 is 9.47 Å². The first-order chi connectivity index (χ1) is 16.3. The van der Waals surface area contributed by atoms with Crippen LogP contribution in [0.25, 0.3) is 5.57 Å². The third-order valence-corrected chi connectivity index (χ3v) is 4.84. The van der Waals surface area contributed by atoms with Crippen LogP contribution in [0, 0.1) is 11.3 Å². The molecule has 1 aliphatic rings. The summed E-state index contributed by atoms with van der Waals surface area (Å²) in [6.45, 7) is 0. The average molecular weight is 453 g/mol. The molecule has 0 unspecified atom stereocenters. The first-order valence-electron chi connectivity index (χ1n) is 10.0. The number of hydrogen-bond acceptors (Lipinski definition) is 5. The standard InChI is InChI=1S/C26H17N2O4P/c27-18-23(19-10-4-1-5-11-19)22-16-17-24(28-32-33-29)26(31-21-14-8-3-9-15-21)25(22)30-20-12-6-2-7-13-20/h1-17H/p+1. The second-order valence-electron chi connectivity index (χ2n) is 6.77. The molecule has 1 N–H and O–H groups in total. The number of nitrogens with zero attached hydrogens (tertiary/aromatic N) is 1. The summed E-state index contributed by atoms with van der Waals surface area (Å²) in [7, 11) is -0.554. The lowest BCUT2D eigenvalue weighted by Gasteiger charge is -2.19. The topological polar surface area (TPSA) is 82.5 Å². The van der Waals surface area contributed by atoms with Crippen molar-refractivity contribution in [3.63, 3.8) is 0 Å². The first kappa shape index (κ1) is 21.8. The summed E-state index contributed by atoms with van der Waals surface area (Å²) in [6.07, 6.45) is 3.41. The molecule has 6 nitrogen and oxygen atoms in total. The summed E-state index contributed by atoms with van der Waals surface area (Å²) in [5.74, 6) is 1.69. The molecule has 0 aromatic heterocycles. The Morgan fingerprint density at radius 3 is 1.85 bits per heavy atom. The van der Waals surface area contributed by atoms with Crippen molar-refractivity contribution in [3.05, 3.63) is 126 Å². The van der Waals surface area contributed by atoms with Gasteiger partial charge in [0.15, 0.2) is 5.76 Å². The van der Waals surface area contributed by atoms with Gasteiger partial charge >= 0.3 is 8.69 Å². The van der Waals surface area contributed by atoms with E-state index >= 15 is 0 Å². The third-order valence-electron chi connectivity index (χ3n) is 4.67. The fourth-order valence-corrected chi connectivity index (χ4v) is 3.34. The van der Waals surface area contributed by atoms with Crippen LogP contribution in [0.15, 0.2) is 120 Å². The molecule has 0 aliphatic heterocycles. The maximum Gasteiger partial charge on any atom is 0.470 e. The van der Waals surface area contributed by atoms with E-state index in [1.807, 2.05) is 66.7 Å². The molecule has 7 heteroatoms. The zero-order valence-corrected chi connectivity index (χ0v) is 18.2. The average Bonchev–Trinajstić information content (AvgIpc) is 2.87. The molecule has 0 amide bonds. The number of nitrogens with one attached hydrogen (secondary N) is 1. The number of allylic oxidation sites excluding steroid dienone is 3. The van der Waals surface area contributed by atoms with Crippen LogP contribution in [-0.4, -0.2) is 5.71 Å². The lowest BCUT2D eigenvalue weighted by molar-refractivity contribution is -0.702. The van der Waals surface area contributed by atoms with Crippen LogP contribution in [0.1, 0.15) is 5.56 Å². The van der Waals surface area contributed by atoms with Crippen molar-refractivity contribution in [3.8, 4) is 17.6 Å². The second-order valence-corrected chi connectivity index (χ2v) is 7.10. The van der Waals surface area contributed by atoms with E-state index in [9.17, 15) is 9.83 Å². The van der Waals surface area contributed by atoms with E-state index in [0.29, 0.717) is 34.1 Å². The van der Waals surface area contributed by atoms with Crippen LogP contribution in [-0.2, 0) is 9.19 Å². The molecule has 160 valence electrons. The number of benzene rings is 3. The molecule has 3 aromatic carbocycles. The van der Waals surface area contributed by atoms with E-state index in [4.69, 9.17) is 14.1 Å². The molecule has 0 atom stereocenters. The highest BCUT2D eigenvalue weighted by Gasteiger charge is 2.31. The van der Waals surface area contributed by atoms with Crippen LogP contribution in [0.4, 0.5) is 0 Å². The Morgan fingerprint density at radius 1 is 0.758 bits per heavy atom. The first-order valence-corrected chi connectivity index (χ1v) is 10.7. The summed E-state index contributed by atoms with van der Waals surface area (Å²) in [5, 5.41) is 12.7. The molecule has 0 radical (unpaired) electrons. The van der Waals surface area contributed by atoms with Gasteiger partial charge in [-0.3, -0.25) is 0 Å². The predicted octanol–water partition coefficient (Wildman–Crippen LogP) is 4.56. The summed E-state index contributed by atoms with van der Waals surface area (Å²) >= 11 is 0. The SMILES string of the molecule is N#CC(=C1C=CC(=[NH+]OP=O)C(Oc2ccccc2)=C1Oc1ccccc1)c1ccccc1. The lowest BCUT2D eigenvalue weighted by atomic mass is 9.95. The zero-order chi connectivity index (χ0) is 22.9. The fraction of sp³-hybridized carbons (Fsp3) is 0. The predicted molar refractivity (Wildman–Crippen MR) is 124 cm³/mol. The quantitative estimate of drug-likeness (QED) is 0.322. The van der Waals surface area contributed by atoms with Gasteiger partial charge in [0, 0.05) is 11.6 Å². The van der Waals surface area contributed by atoms with Gasteiger partial charge in [-0.25, -0.2) is 4.57 Å². The number of rotatable bonds is 7. The molecular weight excluding hydrogens is 435 g/mol. The van der Waals surface area contributed by atoms with Crippen LogP contribution >= 0.6 is 8.69 Å². The minimum Gasteiger partial charge on any atom is -0.452 e. The highest BCUT2D eigenvalue weighted by molar-refractivity contribution is 7.17. The summed E-state index contributed by atoms with van der Waals surface area (Å²) < 4.78 is 28.2. The van der Waals surface area contributed by atoms with E-state index in [1.165, 1.54) is 0 Å². The van der Waals surface area contributed by atoms with Gasteiger partial charge in [-0.15, -0.1) is 0 Å². The highest BCUT2D eigenvalue weighted by Crippen LogP contribution is 2.32. The highest BCUT2D eigenvalue weighted by atomic mass is 31.1. The Bertz CT molecular complexity index is 1290. The smallest absolute Gasteiger partial charge is 0.452 e. The molecule has 0 heterocycles. The van der Waals surface area contributed by atoms with Gasteiger partial charge in [0.2, 0.25) is 5.76 Å². The fourth-order valence-electron chi connectivity index (χ4n) is 3.21. The van der Waals surface area contributed by atoms with Crippen LogP contribution in [0.3, 0.4) is 0 Å². The van der Waals surface area contributed by atoms with E-state index < -0.39 is 8.69 Å². The molecule has 1 aliphatic carbocycles. The Kier molecular flexibility index (Phi) is 7.07. The number of ether oxygens (including phenoxy) is 2. The molecule has 0 spiro atoms. The number of para-hydroxylation sites is 2. The van der Waals surface area contributed by atoms with Crippen molar-refractivity contribution in [1.29, 1.82) is 5.26 Å². The normalized spacial score (nSPS) is 15.8. The van der Waals surface area contributed by atoms with Gasteiger partial charge in [0.1, 0.15) is 17.6 Å². The minimum atomic E-state index is -0.554. The van der Waals surface area contributed by atoms with E-state index in [2.05, 4.69) is 11.2 Å². The summed E-state index contributed by atoms with van der Waals surface area (Å²) in [4.78, 5) is 0. The van der Waals surface area contributed by atoms with Crippen LogP contribution < -0.4 is 14.6 Å². The number of nitriles is 1. The summed E-state index contributed by atoms with van der Waals surface area (Å²) in [6, 6.07) is 29.9. The van der Waals surface area contributed by atoms with Crippen molar-refractivity contribution < 1.29 is 23.8 Å². The van der Waals surface area contributed by atoms with Gasteiger partial charge in [-0.1, -0.05) is 66.7 Å². The molecule has 0 fully saturated rings. The Hall–Kier alpha value is -4.46. The van der Waals surface area contributed by atoms with E-state index in [1.54, 1.807) is 36.4 Å². The maximum absolute atomic E-state index is 10.9. The Labute approximate surface area is 192 Å². The van der Waals surface area contributed by atoms with E-state index in [-0.39, 0.29) is 5.76 Å². The van der Waals surface area contributed by atoms with Gasteiger partial charge in [-0.2, -0.15) is 9.89 Å². The van der Waals surface area contributed by atoms with Crippen LogP contribution in [0.5, 0.6) is 11.5 Å². The Balaban J connectivity index is 1.95. The molecule has 0 bridgehead atoms. The van der Waals surface area contributed by atoms with Crippen molar-refractivity contribution >= 4 is 20.0 Å². The van der Waals surface area contributed by atoms with E-state index in [0.717, 1.165) is 5.56 Å². The second kappa shape index (κ2) is 10.7. The third kappa shape index (κ3) is 5.24. The van der Waals surface area contributed by atoms with Crippen molar-refractivity contribution in [2.45, 2.75) is 0 Å². The molecule has 0 saturated carbocycles. The van der Waals surface area contributed by atoms with Crippen molar-refractivity contribution in [2.24, 2.45) is 0 Å². The maximum atomic E-state index is 10.9. The van der Waals surface area contributed by atoms with Gasteiger partial charge in [-0.05, 0) is 41.1 Å². The van der Waals surface area contributed by atoms with Crippen molar-refractivity contribution in [2.75, 3.05) is 0 Å². The van der Waals surface area contributed by atoms with Crippen molar-refractivity contribution in [1.82, 2.24) is 0 Å². The summed E-state index contributed by atoms with van der Waals surface area (Å²) in [5.41, 5.74) is 2.05. The molecule has 3 aromatic rings. The monoisotopic (exact) mass is 453 g/mol. The molecule has 0 saturated heterocycles. The number of hydrogen-bond donors (Lipinski definition) is 1. The minimum absolute atomic E-state index is 0.273. The largest absolute Gasteiger partial charge is 0.470 e. The molecule has 4 rings (SSSR count).